The molecule has 0 radical (unpaired) electrons. The summed E-state index contributed by atoms with van der Waals surface area (Å²) in [7, 11) is 0. The Bertz CT molecular complexity index is 433. The lowest BCUT2D eigenvalue weighted by molar-refractivity contribution is 0.138. The third kappa shape index (κ3) is 16.9. The molecule has 0 aromatic rings. The summed E-state index contributed by atoms with van der Waals surface area (Å²) >= 11 is 0. The number of nitrogens with zero attached hydrogens (tertiary/aromatic N) is 2. The van der Waals surface area contributed by atoms with Crippen LogP contribution in [0.2, 0.25) is 0 Å². The lowest BCUT2D eigenvalue weighted by Crippen LogP contribution is -2.39. The Labute approximate surface area is 216 Å². The van der Waals surface area contributed by atoms with Gasteiger partial charge in [0.15, 0.2) is 0 Å². The number of unbranched alkanes of at least 4 members (excludes halogenated alkanes) is 20. The van der Waals surface area contributed by atoms with Crippen molar-refractivity contribution in [2.24, 2.45) is 0 Å². The molecule has 2 heteroatoms. The van der Waals surface area contributed by atoms with Crippen molar-refractivity contribution in [2.75, 3.05) is 13.1 Å². The van der Waals surface area contributed by atoms with Gasteiger partial charge in [-0.05, 0) is 19.3 Å². The van der Waals surface area contributed by atoms with Crippen molar-refractivity contribution in [1.29, 1.82) is 0 Å². The minimum Gasteiger partial charge on any atom is -0.356 e. The summed E-state index contributed by atoms with van der Waals surface area (Å²) in [6.07, 6.45) is 39.6. The van der Waals surface area contributed by atoms with Gasteiger partial charge in [0.1, 0.15) is 6.17 Å². The maximum Gasteiger partial charge on any atom is 0.101 e. The number of rotatable bonds is 26. The first-order valence-electron chi connectivity index (χ1n) is 16.0. The summed E-state index contributed by atoms with van der Waals surface area (Å²) in [6.45, 7) is 9.47. The molecule has 0 N–H and O–H groups in total. The van der Waals surface area contributed by atoms with Crippen molar-refractivity contribution in [3.8, 4) is 0 Å². The highest BCUT2D eigenvalue weighted by molar-refractivity contribution is 4.96. The second-order valence-corrected chi connectivity index (χ2v) is 11.1. The van der Waals surface area contributed by atoms with Crippen molar-refractivity contribution >= 4 is 0 Å². The van der Waals surface area contributed by atoms with Crippen LogP contribution < -0.4 is 0 Å². The first kappa shape index (κ1) is 31.4. The Morgan fingerprint density at radius 3 is 0.971 bits per heavy atom. The van der Waals surface area contributed by atoms with Crippen LogP contribution in [-0.2, 0) is 0 Å². The summed E-state index contributed by atoms with van der Waals surface area (Å²) in [4.78, 5) is 5.29. The average molecular weight is 477 g/mol. The summed E-state index contributed by atoms with van der Waals surface area (Å²) < 4.78 is 0. The summed E-state index contributed by atoms with van der Waals surface area (Å²) in [6, 6.07) is 0. The lowest BCUT2D eigenvalue weighted by Gasteiger charge is -2.33. The molecule has 2 nitrogen and oxygen atoms in total. The van der Waals surface area contributed by atoms with Crippen LogP contribution in [0.15, 0.2) is 12.4 Å². The van der Waals surface area contributed by atoms with Crippen LogP contribution in [0, 0.1) is 0 Å². The smallest absolute Gasteiger partial charge is 0.101 e. The maximum absolute atomic E-state index is 2.65. The standard InChI is InChI=1S/C32H64N2/c1-4-7-9-11-13-15-16-17-18-19-20-22-24-26-29-34-31-30-33(32(34)27-6-3)28-25-23-21-14-12-10-8-5-2/h30-32H,4-29H2,1-3H3. The highest BCUT2D eigenvalue weighted by Crippen LogP contribution is 2.22. The molecule has 0 aromatic heterocycles. The summed E-state index contributed by atoms with van der Waals surface area (Å²) in [5.41, 5.74) is 0. The molecular formula is C32H64N2. The van der Waals surface area contributed by atoms with Gasteiger partial charge in [0.25, 0.3) is 0 Å². The van der Waals surface area contributed by atoms with Crippen molar-refractivity contribution in [2.45, 2.75) is 181 Å². The predicted octanol–water partition coefficient (Wildman–Crippen LogP) is 10.8. The molecule has 1 aliphatic heterocycles. The Morgan fingerprint density at radius 1 is 0.382 bits per heavy atom. The van der Waals surface area contributed by atoms with Gasteiger partial charge in [-0.15, -0.1) is 0 Å². The van der Waals surface area contributed by atoms with E-state index < -0.39 is 0 Å². The van der Waals surface area contributed by atoms with E-state index in [4.69, 9.17) is 0 Å². The second-order valence-electron chi connectivity index (χ2n) is 11.1. The third-order valence-corrected chi connectivity index (χ3v) is 7.80. The van der Waals surface area contributed by atoms with Crippen molar-refractivity contribution in [1.82, 2.24) is 9.80 Å². The monoisotopic (exact) mass is 477 g/mol. The normalized spacial score (nSPS) is 15.7. The molecular weight excluding hydrogens is 412 g/mol. The number of hydrogen-bond donors (Lipinski definition) is 0. The van der Waals surface area contributed by atoms with Crippen molar-refractivity contribution in [3.05, 3.63) is 12.4 Å². The molecule has 1 heterocycles. The molecule has 0 aromatic carbocycles. The van der Waals surface area contributed by atoms with E-state index in [0.717, 1.165) is 0 Å². The fourth-order valence-corrected chi connectivity index (χ4v) is 5.51. The molecule has 0 amide bonds. The van der Waals surface area contributed by atoms with Crippen LogP contribution in [0.1, 0.15) is 175 Å². The van der Waals surface area contributed by atoms with Gasteiger partial charge in [0.05, 0.1) is 0 Å². The zero-order valence-corrected chi connectivity index (χ0v) is 24.0. The quantitative estimate of drug-likeness (QED) is 0.114. The lowest BCUT2D eigenvalue weighted by atomic mass is 10.0. The largest absolute Gasteiger partial charge is 0.356 e. The maximum atomic E-state index is 2.65. The van der Waals surface area contributed by atoms with E-state index in [1.54, 1.807) is 0 Å². The van der Waals surface area contributed by atoms with Crippen LogP contribution in [0.25, 0.3) is 0 Å². The van der Waals surface area contributed by atoms with E-state index in [0.29, 0.717) is 6.17 Å². The SMILES string of the molecule is CCCCCCCCCCCCCCCCN1C=CN(CCCCCCCCCC)C1CCC. The zero-order chi connectivity index (χ0) is 24.5. The van der Waals surface area contributed by atoms with Gasteiger partial charge in [-0.3, -0.25) is 0 Å². The molecule has 1 aliphatic rings. The molecule has 0 fully saturated rings. The molecule has 1 rings (SSSR count). The van der Waals surface area contributed by atoms with E-state index in [2.05, 4.69) is 43.0 Å². The fraction of sp³-hybridized carbons (Fsp3) is 0.938. The van der Waals surface area contributed by atoms with Gasteiger partial charge < -0.3 is 9.80 Å². The molecule has 0 saturated carbocycles. The first-order valence-corrected chi connectivity index (χ1v) is 16.0. The zero-order valence-electron chi connectivity index (χ0n) is 24.0. The minimum absolute atomic E-state index is 0.636. The van der Waals surface area contributed by atoms with Crippen LogP contribution in [0.3, 0.4) is 0 Å². The Kier molecular flexibility index (Phi) is 22.2. The van der Waals surface area contributed by atoms with Crippen molar-refractivity contribution in [3.63, 3.8) is 0 Å². The van der Waals surface area contributed by atoms with E-state index in [-0.39, 0.29) is 0 Å². The topological polar surface area (TPSA) is 6.48 Å². The highest BCUT2D eigenvalue weighted by Gasteiger charge is 2.24. The van der Waals surface area contributed by atoms with Crippen LogP contribution in [-0.4, -0.2) is 29.1 Å². The molecule has 202 valence electrons. The molecule has 0 spiro atoms. The Hall–Kier alpha value is -0.660. The van der Waals surface area contributed by atoms with Crippen LogP contribution in [0.5, 0.6) is 0 Å². The van der Waals surface area contributed by atoms with Gasteiger partial charge in [-0.25, -0.2) is 0 Å². The fourth-order valence-electron chi connectivity index (χ4n) is 5.51. The number of hydrogen-bond acceptors (Lipinski definition) is 2. The molecule has 0 bridgehead atoms. The van der Waals surface area contributed by atoms with Gasteiger partial charge >= 0.3 is 0 Å². The molecule has 0 aliphatic carbocycles. The van der Waals surface area contributed by atoms with E-state index in [9.17, 15) is 0 Å². The first-order chi connectivity index (χ1) is 16.8. The summed E-state index contributed by atoms with van der Waals surface area (Å²) in [5.74, 6) is 0. The van der Waals surface area contributed by atoms with Gasteiger partial charge in [-0.1, -0.05) is 156 Å². The van der Waals surface area contributed by atoms with Crippen molar-refractivity contribution < 1.29 is 0 Å². The average Bonchev–Trinajstić information content (AvgIpc) is 3.22. The molecule has 34 heavy (non-hydrogen) atoms. The highest BCUT2D eigenvalue weighted by atomic mass is 15.4. The van der Waals surface area contributed by atoms with Gasteiger partial charge in [-0.2, -0.15) is 0 Å². The Balaban J connectivity index is 1.98. The Morgan fingerprint density at radius 2 is 0.676 bits per heavy atom. The van der Waals surface area contributed by atoms with E-state index >= 15 is 0 Å². The summed E-state index contributed by atoms with van der Waals surface area (Å²) in [5, 5.41) is 0. The van der Waals surface area contributed by atoms with E-state index in [1.807, 2.05) is 0 Å². The minimum atomic E-state index is 0.636. The predicted molar refractivity (Wildman–Crippen MR) is 154 cm³/mol. The second kappa shape index (κ2) is 24.1. The van der Waals surface area contributed by atoms with Crippen LogP contribution in [0.4, 0.5) is 0 Å². The van der Waals surface area contributed by atoms with Gasteiger partial charge in [0, 0.05) is 25.5 Å². The molecule has 1 unspecified atom stereocenters. The van der Waals surface area contributed by atoms with Crippen LogP contribution >= 0.6 is 0 Å². The van der Waals surface area contributed by atoms with Gasteiger partial charge in [0.2, 0.25) is 0 Å². The third-order valence-electron chi connectivity index (χ3n) is 7.80. The molecule has 1 atom stereocenters. The molecule has 0 saturated heterocycles. The van der Waals surface area contributed by atoms with E-state index in [1.165, 1.54) is 167 Å².